The van der Waals surface area contributed by atoms with E-state index >= 15 is 0 Å². The number of aliphatic carboxylic acids is 1. The molecule has 0 amide bonds. The van der Waals surface area contributed by atoms with Gasteiger partial charge in [0.1, 0.15) is 6.10 Å². The molecule has 2 aliphatic rings. The molecule has 188 valence electrons. The van der Waals surface area contributed by atoms with Crippen molar-refractivity contribution in [3.05, 3.63) is 23.8 Å². The summed E-state index contributed by atoms with van der Waals surface area (Å²) in [6.07, 6.45) is 2.97. The first-order valence-corrected chi connectivity index (χ1v) is 11.3. The zero-order valence-electron chi connectivity index (χ0n) is 19.2. The molecule has 0 unspecified atom stereocenters. The Hall–Kier alpha value is -1.82. The molecule has 0 spiro atoms. The molecule has 10 nitrogen and oxygen atoms in total. The molecule has 0 aromatic rings. The fourth-order valence-electron chi connectivity index (χ4n) is 4.55. The molecule has 0 saturated carbocycles. The van der Waals surface area contributed by atoms with Crippen LogP contribution in [0.2, 0.25) is 0 Å². The molecule has 0 aromatic carbocycles. The number of carbonyl (C=O) groups excluding carboxylic acids is 1. The highest BCUT2D eigenvalue weighted by Gasteiger charge is 2.55. The van der Waals surface area contributed by atoms with Crippen molar-refractivity contribution in [2.75, 3.05) is 0 Å². The molecule has 2 rings (SSSR count). The van der Waals surface area contributed by atoms with Gasteiger partial charge in [0.25, 0.3) is 0 Å². The van der Waals surface area contributed by atoms with Crippen LogP contribution in [0.1, 0.15) is 52.9 Å². The Balaban J connectivity index is 2.15. The van der Waals surface area contributed by atoms with Crippen LogP contribution >= 0.6 is 0 Å². The third-order valence-electron chi connectivity index (χ3n) is 6.87. The van der Waals surface area contributed by atoms with Crippen LogP contribution in [0.25, 0.3) is 0 Å². The van der Waals surface area contributed by atoms with Crippen molar-refractivity contribution in [2.24, 2.45) is 23.7 Å². The average Bonchev–Trinajstić information content (AvgIpc) is 2.71. The molecule has 7 atom stereocenters. The van der Waals surface area contributed by atoms with Gasteiger partial charge in [-0.05, 0) is 36.7 Å². The van der Waals surface area contributed by atoms with E-state index in [9.17, 15) is 40.2 Å². The predicted molar refractivity (Wildman–Crippen MR) is 115 cm³/mol. The van der Waals surface area contributed by atoms with Gasteiger partial charge in [-0.3, -0.25) is 4.79 Å². The minimum absolute atomic E-state index is 0.000220. The summed E-state index contributed by atoms with van der Waals surface area (Å²) in [4.78, 5) is 23.3. The van der Waals surface area contributed by atoms with Crippen molar-refractivity contribution in [2.45, 2.75) is 82.8 Å². The van der Waals surface area contributed by atoms with Crippen molar-refractivity contribution >= 4 is 11.9 Å². The Morgan fingerprint density at radius 1 is 1.24 bits per heavy atom. The Kier molecular flexibility index (Phi) is 8.83. The highest BCUT2D eigenvalue weighted by atomic mass is 16.6. The first kappa shape index (κ1) is 27.4. The Morgan fingerprint density at radius 2 is 1.88 bits per heavy atom. The molecule has 0 heterocycles. The molecular weight excluding hydrogens is 436 g/mol. The normalized spacial score (nSPS) is 29.6. The zero-order valence-corrected chi connectivity index (χ0v) is 19.2. The lowest BCUT2D eigenvalue weighted by Gasteiger charge is -2.43. The number of hydrogen-bond donors (Lipinski definition) is 7. The number of ether oxygens (including phenoxy) is 1. The number of aliphatic hydroxyl groups excluding tert-OH is 2. The van der Waals surface area contributed by atoms with Gasteiger partial charge in [-0.25, -0.2) is 4.79 Å². The Labute approximate surface area is 192 Å². The largest absolute Gasteiger partial charge is 0.477 e. The average molecular weight is 473 g/mol. The number of carboxylic acids is 1. The number of fused-ring (bicyclic) bond motifs is 1. The van der Waals surface area contributed by atoms with Crippen molar-refractivity contribution < 1.29 is 50.1 Å². The highest BCUT2D eigenvalue weighted by molar-refractivity contribution is 5.76. The van der Waals surface area contributed by atoms with Gasteiger partial charge in [0, 0.05) is 18.8 Å². The fraction of sp³-hybridized carbons (Fsp3) is 0.739. The van der Waals surface area contributed by atoms with E-state index in [2.05, 4.69) is 0 Å². The third kappa shape index (κ3) is 6.20. The monoisotopic (exact) mass is 472 g/mol. The Bertz CT molecular complexity index is 771. The summed E-state index contributed by atoms with van der Waals surface area (Å²) in [6, 6.07) is 0. The molecule has 0 aliphatic heterocycles. The van der Waals surface area contributed by atoms with Gasteiger partial charge in [-0.2, -0.15) is 0 Å². The van der Waals surface area contributed by atoms with Crippen molar-refractivity contribution in [1.29, 1.82) is 0 Å². The topological polar surface area (TPSA) is 185 Å². The van der Waals surface area contributed by atoms with Crippen LogP contribution in [0.4, 0.5) is 0 Å². The van der Waals surface area contributed by atoms with Crippen molar-refractivity contribution in [3.8, 4) is 0 Å². The molecular formula is C23H36O10. The molecule has 0 saturated heterocycles. The van der Waals surface area contributed by atoms with Gasteiger partial charge in [0.2, 0.25) is 5.79 Å². The first-order chi connectivity index (χ1) is 15.2. The van der Waals surface area contributed by atoms with Gasteiger partial charge in [-0.1, -0.05) is 39.0 Å². The van der Waals surface area contributed by atoms with Gasteiger partial charge in [-0.15, -0.1) is 0 Å². The Morgan fingerprint density at radius 3 is 2.45 bits per heavy atom. The number of carboxylic acid groups (broad SMARTS) is 1. The number of carbonyl (C=O) groups is 2. The van der Waals surface area contributed by atoms with Crippen LogP contribution in [0.5, 0.6) is 0 Å². The summed E-state index contributed by atoms with van der Waals surface area (Å²) in [7, 11) is 0. The second-order valence-corrected chi connectivity index (χ2v) is 9.39. The summed E-state index contributed by atoms with van der Waals surface area (Å²) in [6.45, 7) is 5.61. The second kappa shape index (κ2) is 10.6. The summed E-state index contributed by atoms with van der Waals surface area (Å²) in [5.74, 6) is -10.6. The highest BCUT2D eigenvalue weighted by Crippen LogP contribution is 2.44. The zero-order chi connectivity index (χ0) is 25.1. The van der Waals surface area contributed by atoms with Crippen molar-refractivity contribution in [1.82, 2.24) is 0 Å². The maximum Gasteiger partial charge on any atom is 0.370 e. The number of rotatable bonds is 10. The third-order valence-corrected chi connectivity index (χ3v) is 6.87. The summed E-state index contributed by atoms with van der Waals surface area (Å²) >= 11 is 0. The van der Waals surface area contributed by atoms with Gasteiger partial charge >= 0.3 is 17.7 Å². The lowest BCUT2D eigenvalue weighted by atomic mass is 9.66. The van der Waals surface area contributed by atoms with Crippen LogP contribution in [0, 0.1) is 23.7 Å². The van der Waals surface area contributed by atoms with E-state index in [1.165, 1.54) is 0 Å². The molecule has 0 aromatic heterocycles. The maximum absolute atomic E-state index is 12.5. The van der Waals surface area contributed by atoms with E-state index in [1.807, 2.05) is 26.0 Å². The lowest BCUT2D eigenvalue weighted by molar-refractivity contribution is -0.350. The van der Waals surface area contributed by atoms with Gasteiger partial charge in [0.15, 0.2) is 0 Å². The quantitative estimate of drug-likeness (QED) is 0.169. The first-order valence-electron chi connectivity index (χ1n) is 11.3. The van der Waals surface area contributed by atoms with Crippen molar-refractivity contribution in [3.63, 3.8) is 0 Å². The summed E-state index contributed by atoms with van der Waals surface area (Å²) < 4.78 is 5.77. The van der Waals surface area contributed by atoms with Crippen LogP contribution in [-0.4, -0.2) is 77.6 Å². The molecule has 0 bridgehead atoms. The van der Waals surface area contributed by atoms with Gasteiger partial charge in [0.05, 0.1) is 18.1 Å². The smallest absolute Gasteiger partial charge is 0.370 e. The maximum atomic E-state index is 12.5. The minimum atomic E-state index is -3.85. The predicted octanol–water partition coefficient (Wildman–Crippen LogP) is 0.0512. The molecule has 7 N–H and O–H groups in total. The lowest BCUT2D eigenvalue weighted by Crippen LogP contribution is -2.60. The molecule has 0 fully saturated rings. The second-order valence-electron chi connectivity index (χ2n) is 9.39. The van der Waals surface area contributed by atoms with E-state index in [0.29, 0.717) is 12.8 Å². The summed E-state index contributed by atoms with van der Waals surface area (Å²) in [5.41, 5.74) is 0.822. The minimum Gasteiger partial charge on any atom is -0.477 e. The van der Waals surface area contributed by atoms with Crippen LogP contribution in [0.3, 0.4) is 0 Å². The van der Waals surface area contributed by atoms with E-state index in [4.69, 9.17) is 9.84 Å². The van der Waals surface area contributed by atoms with Crippen LogP contribution in [-0.2, 0) is 14.3 Å². The number of aliphatic hydroxyl groups is 6. The molecule has 33 heavy (non-hydrogen) atoms. The molecule has 0 radical (unpaired) electrons. The van der Waals surface area contributed by atoms with E-state index in [0.717, 1.165) is 5.57 Å². The molecule has 2 aliphatic carbocycles. The number of hydrogen-bond acceptors (Lipinski definition) is 9. The number of esters is 1. The number of allylic oxidation sites excluding steroid dienone is 2. The SMILES string of the molecule is CC[C@H](C)C(=O)O[C@H]1C[C@H](O)C=C2C=C[C@H](C)[C@H](CC[C@@H](O)CC(O)(O)C(O)(O)C(=O)O)[C@H]21. The van der Waals surface area contributed by atoms with Crippen LogP contribution in [0.15, 0.2) is 23.8 Å². The standard InChI is InChI=1S/C23H36O10/c1-4-12(2)20(26)33-18-10-16(25)9-14-6-5-13(3)17(19(14)18)8-7-15(24)11-22(29,30)23(31,32)21(27)28/h5-6,9,12-13,15-19,24-25,29-32H,4,7-8,10-11H2,1-3H3,(H,27,28)/t12-,13-,15+,16+,17-,18-,19-/m0/s1. The van der Waals surface area contributed by atoms with E-state index in [1.54, 1.807) is 13.0 Å². The fourth-order valence-corrected chi connectivity index (χ4v) is 4.55. The summed E-state index contributed by atoms with van der Waals surface area (Å²) in [5, 5.41) is 67.9. The molecule has 10 heteroatoms. The van der Waals surface area contributed by atoms with Gasteiger partial charge < -0.3 is 40.5 Å². The van der Waals surface area contributed by atoms with E-state index in [-0.39, 0.29) is 42.5 Å². The van der Waals surface area contributed by atoms with Crippen LogP contribution < -0.4 is 0 Å². The van der Waals surface area contributed by atoms with E-state index < -0.39 is 42.3 Å².